The molecule has 1 aliphatic heterocycles. The lowest BCUT2D eigenvalue weighted by Gasteiger charge is -2.33. The third-order valence-electron chi connectivity index (χ3n) is 5.97. The molecule has 154 valence electrons. The summed E-state index contributed by atoms with van der Waals surface area (Å²) in [5, 5.41) is 0. The average Bonchev–Trinajstić information content (AvgIpc) is 2.73. The predicted octanol–water partition coefficient (Wildman–Crippen LogP) is 2.47. The van der Waals surface area contributed by atoms with Crippen LogP contribution in [0.3, 0.4) is 0 Å². The number of rotatable bonds is 4. The highest BCUT2D eigenvalue weighted by molar-refractivity contribution is 5.99. The Bertz CT molecular complexity index is 923. The molecule has 4 rings (SSSR count). The highest BCUT2D eigenvalue weighted by atomic mass is 16.5. The van der Waals surface area contributed by atoms with Crippen molar-refractivity contribution in [2.75, 3.05) is 52.3 Å². The van der Waals surface area contributed by atoms with Gasteiger partial charge >= 0.3 is 0 Å². The highest BCUT2D eigenvalue weighted by Crippen LogP contribution is 2.37. The van der Waals surface area contributed by atoms with Gasteiger partial charge in [0.05, 0.1) is 31.2 Å². The molecular formula is C22H28N4O3. The summed E-state index contributed by atoms with van der Waals surface area (Å²) in [7, 11) is 5.38. The van der Waals surface area contributed by atoms with Crippen LogP contribution in [-0.4, -0.2) is 68.1 Å². The van der Waals surface area contributed by atoms with Crippen LogP contribution >= 0.6 is 0 Å². The number of fused-ring (bicyclic) bond motifs is 1. The Morgan fingerprint density at radius 1 is 1.00 bits per heavy atom. The summed E-state index contributed by atoms with van der Waals surface area (Å²) in [4.78, 5) is 27.0. The van der Waals surface area contributed by atoms with Crippen molar-refractivity contribution in [3.05, 3.63) is 40.7 Å². The number of aromatic nitrogens is 2. The summed E-state index contributed by atoms with van der Waals surface area (Å²) < 4.78 is 10.8. The maximum absolute atomic E-state index is 12.9. The molecule has 7 nitrogen and oxygen atoms in total. The zero-order valence-electron chi connectivity index (χ0n) is 17.6. The fourth-order valence-electron chi connectivity index (χ4n) is 4.25. The molecule has 2 aromatic rings. The molecule has 0 N–H and O–H groups in total. The predicted molar refractivity (Wildman–Crippen MR) is 111 cm³/mol. The van der Waals surface area contributed by atoms with Gasteiger partial charge in [-0.3, -0.25) is 4.79 Å². The number of carbonyl (C=O) groups excluding carboxylic acids is 1. The third-order valence-corrected chi connectivity index (χ3v) is 5.97. The van der Waals surface area contributed by atoms with E-state index in [4.69, 9.17) is 14.5 Å². The molecule has 1 saturated heterocycles. The average molecular weight is 396 g/mol. The van der Waals surface area contributed by atoms with Crippen LogP contribution in [0.1, 0.15) is 39.6 Å². The molecule has 0 radical (unpaired) electrons. The lowest BCUT2D eigenvalue weighted by atomic mass is 9.81. The first kappa shape index (κ1) is 19.6. The number of benzene rings is 1. The number of ether oxygens (including phenoxy) is 2. The van der Waals surface area contributed by atoms with Crippen LogP contribution in [0.4, 0.5) is 5.95 Å². The number of aryl methyl sites for hydroxylation is 1. The second-order valence-corrected chi connectivity index (χ2v) is 7.86. The van der Waals surface area contributed by atoms with Crippen molar-refractivity contribution in [3.63, 3.8) is 0 Å². The van der Waals surface area contributed by atoms with Gasteiger partial charge in [-0.15, -0.1) is 0 Å². The molecule has 0 saturated carbocycles. The first-order chi connectivity index (χ1) is 14.0. The molecule has 0 spiro atoms. The standard InChI is InChI=1S/C22H28N4O3/c1-14-21-17(24-22(23-14)26-9-7-25(2)8-10-26)11-16(12-18(21)27)15-5-6-19(28-3)20(13-15)29-4/h5-6,13,16H,7-12H2,1-4H3. The van der Waals surface area contributed by atoms with E-state index in [1.54, 1.807) is 14.2 Å². The number of methoxy groups -OCH3 is 2. The summed E-state index contributed by atoms with van der Waals surface area (Å²) in [6.07, 6.45) is 1.18. The van der Waals surface area contributed by atoms with Crippen molar-refractivity contribution in [3.8, 4) is 11.5 Å². The fourth-order valence-corrected chi connectivity index (χ4v) is 4.25. The van der Waals surface area contributed by atoms with E-state index in [0.29, 0.717) is 23.5 Å². The molecule has 0 amide bonds. The van der Waals surface area contributed by atoms with Gasteiger partial charge in [-0.25, -0.2) is 9.97 Å². The highest BCUT2D eigenvalue weighted by Gasteiger charge is 2.31. The minimum Gasteiger partial charge on any atom is -0.493 e. The fraction of sp³-hybridized carbons (Fsp3) is 0.500. The Balaban J connectivity index is 1.65. The number of anilines is 1. The van der Waals surface area contributed by atoms with Gasteiger partial charge in [0.15, 0.2) is 17.3 Å². The Labute approximate surface area is 171 Å². The van der Waals surface area contributed by atoms with Crippen LogP contribution in [-0.2, 0) is 6.42 Å². The van der Waals surface area contributed by atoms with Crippen LogP contribution in [0.25, 0.3) is 0 Å². The first-order valence-corrected chi connectivity index (χ1v) is 10.1. The molecule has 2 aliphatic rings. The lowest BCUT2D eigenvalue weighted by molar-refractivity contribution is 0.0962. The summed E-state index contributed by atoms with van der Waals surface area (Å²) >= 11 is 0. The maximum atomic E-state index is 12.9. The molecule has 29 heavy (non-hydrogen) atoms. The first-order valence-electron chi connectivity index (χ1n) is 10.1. The van der Waals surface area contributed by atoms with E-state index in [9.17, 15) is 4.79 Å². The zero-order valence-corrected chi connectivity index (χ0v) is 17.6. The summed E-state index contributed by atoms with van der Waals surface area (Å²) in [6, 6.07) is 5.88. The van der Waals surface area contributed by atoms with Crippen LogP contribution in [0.2, 0.25) is 0 Å². The Morgan fingerprint density at radius 3 is 2.41 bits per heavy atom. The molecule has 0 bridgehead atoms. The summed E-state index contributed by atoms with van der Waals surface area (Å²) in [5.41, 5.74) is 3.43. The minimum atomic E-state index is 0.0736. The number of piperazine rings is 1. The Hall–Kier alpha value is -2.67. The molecular weight excluding hydrogens is 368 g/mol. The Morgan fingerprint density at radius 2 is 1.72 bits per heavy atom. The monoisotopic (exact) mass is 396 g/mol. The quantitative estimate of drug-likeness (QED) is 0.786. The molecule has 1 atom stereocenters. The van der Waals surface area contributed by atoms with Gasteiger partial charge in [-0.1, -0.05) is 6.07 Å². The molecule has 7 heteroatoms. The second kappa shape index (κ2) is 7.99. The van der Waals surface area contributed by atoms with E-state index in [0.717, 1.165) is 55.5 Å². The van der Waals surface area contributed by atoms with Crippen LogP contribution in [0.15, 0.2) is 18.2 Å². The van der Waals surface area contributed by atoms with Gasteiger partial charge in [0.25, 0.3) is 0 Å². The van der Waals surface area contributed by atoms with Crippen molar-refractivity contribution in [2.45, 2.75) is 25.7 Å². The molecule has 1 aromatic carbocycles. The smallest absolute Gasteiger partial charge is 0.225 e. The second-order valence-electron chi connectivity index (χ2n) is 7.86. The van der Waals surface area contributed by atoms with E-state index >= 15 is 0 Å². The van der Waals surface area contributed by atoms with E-state index < -0.39 is 0 Å². The van der Waals surface area contributed by atoms with E-state index in [2.05, 4.69) is 21.8 Å². The molecule has 1 fully saturated rings. The van der Waals surface area contributed by atoms with Crippen LogP contribution in [0, 0.1) is 6.92 Å². The van der Waals surface area contributed by atoms with E-state index in [-0.39, 0.29) is 11.7 Å². The number of ketones is 1. The molecule has 1 aromatic heterocycles. The minimum absolute atomic E-state index is 0.0736. The number of Topliss-reactive ketones (excluding diaryl/α,β-unsaturated/α-hetero) is 1. The molecule has 2 heterocycles. The Kier molecular flexibility index (Phi) is 5.41. The van der Waals surface area contributed by atoms with Gasteiger partial charge in [-0.2, -0.15) is 0 Å². The van der Waals surface area contributed by atoms with Crippen LogP contribution in [0.5, 0.6) is 11.5 Å². The topological polar surface area (TPSA) is 67.8 Å². The number of hydrogen-bond donors (Lipinski definition) is 0. The number of hydrogen-bond acceptors (Lipinski definition) is 7. The van der Waals surface area contributed by atoms with Crippen molar-refractivity contribution in [2.24, 2.45) is 0 Å². The van der Waals surface area contributed by atoms with Gasteiger partial charge in [0, 0.05) is 32.6 Å². The SMILES string of the molecule is COc1ccc(C2CC(=O)c3c(C)nc(N4CCN(C)CC4)nc3C2)cc1OC. The number of carbonyl (C=O) groups is 1. The van der Waals surface area contributed by atoms with Gasteiger partial charge in [0.2, 0.25) is 5.95 Å². The lowest BCUT2D eigenvalue weighted by Crippen LogP contribution is -2.45. The van der Waals surface area contributed by atoms with Crippen molar-refractivity contribution in [1.29, 1.82) is 0 Å². The van der Waals surface area contributed by atoms with Crippen molar-refractivity contribution in [1.82, 2.24) is 14.9 Å². The van der Waals surface area contributed by atoms with Crippen molar-refractivity contribution < 1.29 is 14.3 Å². The normalized spacial score (nSPS) is 19.8. The van der Waals surface area contributed by atoms with E-state index in [1.807, 2.05) is 25.1 Å². The van der Waals surface area contributed by atoms with Gasteiger partial charge in [-0.05, 0) is 44.0 Å². The number of likely N-dealkylation sites (N-methyl/N-ethyl adjacent to an activating group) is 1. The molecule has 1 unspecified atom stereocenters. The van der Waals surface area contributed by atoms with Crippen LogP contribution < -0.4 is 14.4 Å². The summed E-state index contributed by atoms with van der Waals surface area (Å²) in [6.45, 7) is 5.72. The van der Waals surface area contributed by atoms with Gasteiger partial charge in [0.1, 0.15) is 0 Å². The van der Waals surface area contributed by atoms with Gasteiger partial charge < -0.3 is 19.3 Å². The summed E-state index contributed by atoms with van der Waals surface area (Å²) in [5.74, 6) is 2.31. The van der Waals surface area contributed by atoms with Crippen molar-refractivity contribution >= 4 is 11.7 Å². The third kappa shape index (κ3) is 3.79. The molecule has 1 aliphatic carbocycles. The number of nitrogens with zero attached hydrogens (tertiary/aromatic N) is 4. The van der Waals surface area contributed by atoms with E-state index in [1.165, 1.54) is 0 Å². The largest absolute Gasteiger partial charge is 0.493 e. The maximum Gasteiger partial charge on any atom is 0.225 e. The zero-order chi connectivity index (χ0) is 20.5.